The molecule has 1 atom stereocenters. The van der Waals surface area contributed by atoms with Crippen LogP contribution in [0.4, 0.5) is 18.0 Å². The molecule has 0 saturated heterocycles. The molecule has 3 N–H and O–H groups in total. The van der Waals surface area contributed by atoms with E-state index in [-0.39, 0.29) is 22.4 Å². The predicted octanol–water partition coefficient (Wildman–Crippen LogP) is 5.62. The minimum absolute atomic E-state index is 0.0173. The summed E-state index contributed by atoms with van der Waals surface area (Å²) in [5, 5.41) is 10.6. The highest BCUT2D eigenvalue weighted by molar-refractivity contribution is 5.88. The second-order valence-electron chi connectivity index (χ2n) is 8.46. The Hall–Kier alpha value is -3.29. The average Bonchev–Trinajstić information content (AvgIpc) is 2.66. The van der Waals surface area contributed by atoms with Crippen molar-refractivity contribution in [1.29, 1.82) is 0 Å². The first-order valence-corrected chi connectivity index (χ1v) is 9.53. The molecular weight excluding hydrogens is 409 g/mol. The first-order chi connectivity index (χ1) is 14.3. The molecule has 1 aromatic heterocycles. The lowest BCUT2D eigenvalue weighted by Gasteiger charge is -2.37. The third-order valence-corrected chi connectivity index (χ3v) is 5.20. The number of phenolic OH excluding ortho intramolecular Hbond substituents is 1. The van der Waals surface area contributed by atoms with Gasteiger partial charge in [-0.25, -0.2) is 4.79 Å². The van der Waals surface area contributed by atoms with Crippen LogP contribution in [0.2, 0.25) is 0 Å². The maximum Gasteiger partial charge on any atom is 0.416 e. The molecule has 1 amide bonds. The molecule has 0 aliphatic rings. The van der Waals surface area contributed by atoms with Gasteiger partial charge in [0.15, 0.2) is 5.60 Å². The zero-order valence-electron chi connectivity index (χ0n) is 17.5. The summed E-state index contributed by atoms with van der Waals surface area (Å²) in [5.74, 6) is -0.110. The van der Waals surface area contributed by atoms with Crippen LogP contribution < -0.4 is 5.73 Å². The number of pyridine rings is 1. The summed E-state index contributed by atoms with van der Waals surface area (Å²) in [7, 11) is 0. The highest BCUT2D eigenvalue weighted by Gasteiger charge is 2.44. The average molecular weight is 432 g/mol. The minimum atomic E-state index is -4.62. The number of alkyl halides is 3. The summed E-state index contributed by atoms with van der Waals surface area (Å²) in [6, 6.07) is 9.89. The number of carbonyl (C=O) groups excluding carboxylic acids is 1. The molecule has 3 aromatic rings. The molecule has 31 heavy (non-hydrogen) atoms. The monoisotopic (exact) mass is 432 g/mol. The number of rotatable bonds is 3. The Labute approximate surface area is 177 Å². The topological polar surface area (TPSA) is 85.4 Å². The summed E-state index contributed by atoms with van der Waals surface area (Å²) in [5.41, 5.74) is 2.60. The van der Waals surface area contributed by atoms with Gasteiger partial charge in [-0.3, -0.25) is 4.98 Å². The normalized spacial score (nSPS) is 14.3. The minimum Gasteiger partial charge on any atom is -0.506 e. The fourth-order valence-electron chi connectivity index (χ4n) is 4.02. The van der Waals surface area contributed by atoms with Gasteiger partial charge in [-0.05, 0) is 36.1 Å². The Morgan fingerprint density at radius 3 is 2.19 bits per heavy atom. The largest absolute Gasteiger partial charge is 0.506 e. The lowest BCUT2D eigenvalue weighted by Crippen LogP contribution is -2.37. The highest BCUT2D eigenvalue weighted by atomic mass is 19.4. The molecule has 2 aromatic carbocycles. The van der Waals surface area contributed by atoms with Crippen LogP contribution in [-0.4, -0.2) is 16.2 Å². The van der Waals surface area contributed by atoms with E-state index in [0.29, 0.717) is 10.9 Å². The van der Waals surface area contributed by atoms with Crippen molar-refractivity contribution in [2.24, 2.45) is 5.73 Å². The third-order valence-electron chi connectivity index (χ3n) is 5.20. The fraction of sp³-hybridized carbons (Fsp3) is 0.304. The van der Waals surface area contributed by atoms with Crippen molar-refractivity contribution in [3.63, 3.8) is 0 Å². The van der Waals surface area contributed by atoms with Crippen molar-refractivity contribution in [2.75, 3.05) is 0 Å². The van der Waals surface area contributed by atoms with Gasteiger partial charge in [-0.15, -0.1) is 0 Å². The highest BCUT2D eigenvalue weighted by Crippen LogP contribution is 2.47. The number of benzene rings is 2. The smallest absolute Gasteiger partial charge is 0.416 e. The number of nitrogens with two attached hydrogens (primary N) is 1. The van der Waals surface area contributed by atoms with Gasteiger partial charge >= 0.3 is 12.3 Å². The van der Waals surface area contributed by atoms with E-state index in [1.54, 1.807) is 32.9 Å². The maximum absolute atomic E-state index is 13.9. The number of aromatic hydroxyl groups is 1. The number of carbonyl (C=O) groups is 1. The Morgan fingerprint density at radius 2 is 1.61 bits per heavy atom. The number of aromatic nitrogens is 1. The number of phenols is 1. The van der Waals surface area contributed by atoms with Crippen molar-refractivity contribution >= 4 is 17.0 Å². The van der Waals surface area contributed by atoms with Gasteiger partial charge in [0.1, 0.15) is 11.3 Å². The second kappa shape index (κ2) is 7.44. The first-order valence-electron chi connectivity index (χ1n) is 9.53. The van der Waals surface area contributed by atoms with E-state index in [0.717, 1.165) is 6.07 Å². The summed E-state index contributed by atoms with van der Waals surface area (Å²) < 4.78 is 47.4. The number of hydrogen-bond donors (Lipinski definition) is 2. The van der Waals surface area contributed by atoms with Crippen molar-refractivity contribution in [3.8, 4) is 5.75 Å². The standard InChI is InChI=1S/C23H23F3N2O3/c1-21(2,3)18-15(8-5-9-16(18)23(24,25)26)22(4,31-20(27)30)14-10-11-17(29)19-13(14)7-6-12-28-19/h5-12,29H,1-4H3,(H2,27,30). The summed E-state index contributed by atoms with van der Waals surface area (Å²) >= 11 is 0. The number of primary amides is 1. The van der Waals surface area contributed by atoms with Crippen molar-refractivity contribution in [2.45, 2.75) is 44.9 Å². The zero-order valence-corrected chi connectivity index (χ0v) is 17.5. The molecule has 1 unspecified atom stereocenters. The van der Waals surface area contributed by atoms with E-state index in [1.807, 2.05) is 0 Å². The van der Waals surface area contributed by atoms with E-state index in [1.165, 1.54) is 37.4 Å². The molecule has 0 spiro atoms. The quantitative estimate of drug-likeness (QED) is 0.563. The summed E-state index contributed by atoms with van der Waals surface area (Å²) in [6.45, 7) is 6.45. The molecule has 0 aliphatic carbocycles. The first kappa shape index (κ1) is 22.4. The van der Waals surface area contributed by atoms with Gasteiger partial charge in [0.05, 0.1) is 5.56 Å². The molecule has 5 nitrogen and oxygen atoms in total. The van der Waals surface area contributed by atoms with E-state index in [9.17, 15) is 23.1 Å². The van der Waals surface area contributed by atoms with Gasteiger partial charge < -0.3 is 15.6 Å². The molecule has 0 radical (unpaired) electrons. The van der Waals surface area contributed by atoms with E-state index >= 15 is 0 Å². The van der Waals surface area contributed by atoms with Crippen molar-refractivity contribution < 1.29 is 27.8 Å². The van der Waals surface area contributed by atoms with Crippen LogP contribution in [0.5, 0.6) is 5.75 Å². The third kappa shape index (κ3) is 4.02. The predicted molar refractivity (Wildman–Crippen MR) is 111 cm³/mol. The van der Waals surface area contributed by atoms with Crippen LogP contribution in [0, 0.1) is 0 Å². The van der Waals surface area contributed by atoms with Gasteiger partial charge in [-0.1, -0.05) is 45.0 Å². The van der Waals surface area contributed by atoms with Crippen molar-refractivity contribution in [1.82, 2.24) is 4.98 Å². The SMILES string of the molecule is CC(C)(C)c1c(C(F)(F)F)cccc1C(C)(OC(N)=O)c1ccc(O)c2ncccc12. The van der Waals surface area contributed by atoms with E-state index in [2.05, 4.69) is 4.98 Å². The van der Waals surface area contributed by atoms with Crippen molar-refractivity contribution in [3.05, 3.63) is 70.9 Å². The van der Waals surface area contributed by atoms with E-state index < -0.39 is 28.8 Å². The Kier molecular flexibility index (Phi) is 5.38. The molecule has 1 heterocycles. The molecule has 8 heteroatoms. The van der Waals surface area contributed by atoms with Gasteiger partial charge in [0.25, 0.3) is 0 Å². The van der Waals surface area contributed by atoms with Crippen LogP contribution in [-0.2, 0) is 21.9 Å². The number of hydrogen-bond acceptors (Lipinski definition) is 4. The molecule has 0 fully saturated rings. The van der Waals surface area contributed by atoms with Crippen LogP contribution in [0.15, 0.2) is 48.7 Å². The molecule has 0 bridgehead atoms. The van der Waals surface area contributed by atoms with Crippen LogP contribution >= 0.6 is 0 Å². The fourth-order valence-corrected chi connectivity index (χ4v) is 4.02. The second-order valence-corrected chi connectivity index (χ2v) is 8.46. The number of nitrogens with zero attached hydrogens (tertiary/aromatic N) is 1. The molecule has 3 rings (SSSR count). The molecule has 0 aliphatic heterocycles. The zero-order chi connectivity index (χ0) is 23.2. The number of halogens is 3. The lowest BCUT2D eigenvalue weighted by atomic mass is 9.73. The Bertz CT molecular complexity index is 1150. The summed E-state index contributed by atoms with van der Waals surface area (Å²) in [4.78, 5) is 16.1. The van der Waals surface area contributed by atoms with E-state index in [4.69, 9.17) is 10.5 Å². The van der Waals surface area contributed by atoms with Gasteiger partial charge in [0, 0.05) is 22.7 Å². The molecule has 0 saturated carbocycles. The Morgan fingerprint density at radius 1 is 0.968 bits per heavy atom. The maximum atomic E-state index is 13.9. The number of amides is 1. The molecule has 164 valence electrons. The van der Waals surface area contributed by atoms with Crippen LogP contribution in [0.25, 0.3) is 10.9 Å². The number of ether oxygens (including phenoxy) is 1. The van der Waals surface area contributed by atoms with Gasteiger partial charge in [0.2, 0.25) is 0 Å². The molecular formula is C23H23F3N2O3. The Balaban J connectivity index is 2.47. The van der Waals surface area contributed by atoms with Crippen LogP contribution in [0.1, 0.15) is 49.9 Å². The van der Waals surface area contributed by atoms with Crippen LogP contribution in [0.3, 0.4) is 0 Å². The lowest BCUT2D eigenvalue weighted by molar-refractivity contribution is -0.138. The number of fused-ring (bicyclic) bond motifs is 1. The van der Waals surface area contributed by atoms with Gasteiger partial charge in [-0.2, -0.15) is 13.2 Å². The summed E-state index contributed by atoms with van der Waals surface area (Å²) in [6.07, 6.45) is -4.29.